The van der Waals surface area contributed by atoms with Crippen LogP contribution in [0, 0.1) is 0 Å². The molecule has 3 nitrogen and oxygen atoms in total. The predicted molar refractivity (Wildman–Crippen MR) is 94.1 cm³/mol. The fourth-order valence-corrected chi connectivity index (χ4v) is 3.98. The molecule has 1 amide bonds. The molecule has 1 unspecified atom stereocenters. The highest BCUT2D eigenvalue weighted by Gasteiger charge is 2.37. The first-order chi connectivity index (χ1) is 12.9. The van der Waals surface area contributed by atoms with Crippen molar-refractivity contribution in [2.45, 2.75) is 37.6 Å². The zero-order chi connectivity index (χ0) is 19.0. The third-order valence-corrected chi connectivity index (χ3v) is 5.33. The van der Waals surface area contributed by atoms with E-state index >= 15 is 0 Å². The second kappa shape index (κ2) is 7.00. The minimum atomic E-state index is -4.38. The van der Waals surface area contributed by atoms with Crippen molar-refractivity contribution in [2.75, 3.05) is 13.2 Å². The van der Waals surface area contributed by atoms with Crippen molar-refractivity contribution in [3.8, 4) is 0 Å². The van der Waals surface area contributed by atoms with Crippen LogP contribution in [0.15, 0.2) is 48.5 Å². The van der Waals surface area contributed by atoms with Crippen molar-refractivity contribution < 1.29 is 22.7 Å². The van der Waals surface area contributed by atoms with E-state index in [4.69, 9.17) is 4.74 Å². The van der Waals surface area contributed by atoms with Crippen LogP contribution in [0.2, 0.25) is 0 Å². The van der Waals surface area contributed by atoms with E-state index in [1.807, 2.05) is 24.3 Å². The van der Waals surface area contributed by atoms with Crippen LogP contribution in [-0.4, -0.2) is 30.1 Å². The molecule has 0 saturated carbocycles. The Balaban J connectivity index is 1.73. The lowest BCUT2D eigenvalue weighted by atomic mass is 9.87. The maximum absolute atomic E-state index is 13.0. The molecule has 2 aliphatic rings. The molecule has 0 bridgehead atoms. The maximum atomic E-state index is 13.0. The van der Waals surface area contributed by atoms with Crippen molar-refractivity contribution in [1.82, 2.24) is 4.90 Å². The first-order valence-electron chi connectivity index (χ1n) is 9.12. The van der Waals surface area contributed by atoms with Gasteiger partial charge in [-0.1, -0.05) is 36.4 Å². The number of nitrogens with zero attached hydrogens (tertiary/aromatic N) is 1. The number of hydrogen-bond donors (Lipinski definition) is 0. The summed E-state index contributed by atoms with van der Waals surface area (Å²) in [6, 6.07) is 12.5. The summed E-state index contributed by atoms with van der Waals surface area (Å²) in [7, 11) is 0. The second-order valence-electron chi connectivity index (χ2n) is 7.00. The Morgan fingerprint density at radius 1 is 1.07 bits per heavy atom. The lowest BCUT2D eigenvalue weighted by molar-refractivity contribution is -0.143. The van der Waals surface area contributed by atoms with E-state index < -0.39 is 23.9 Å². The van der Waals surface area contributed by atoms with Crippen LogP contribution >= 0.6 is 0 Å². The Bertz CT molecular complexity index is 826. The molecule has 0 spiro atoms. The smallest absolute Gasteiger partial charge is 0.368 e. The molecule has 1 fully saturated rings. The Morgan fingerprint density at radius 3 is 2.48 bits per heavy atom. The van der Waals surface area contributed by atoms with Crippen LogP contribution < -0.4 is 0 Å². The topological polar surface area (TPSA) is 29.5 Å². The number of halogens is 3. The standard InChI is InChI=1S/C21H20F3NO2/c22-21(23,24)16-9-7-15(8-10-16)19-17-5-2-1-4-14(17)11-12-25(19)20(26)18-6-3-13-27-18/h1-2,4-5,7-10,18-19H,3,6,11-13H2/t18?,19-/m1/s1. The highest BCUT2D eigenvalue weighted by molar-refractivity contribution is 5.82. The van der Waals surface area contributed by atoms with Gasteiger partial charge in [0.25, 0.3) is 5.91 Å². The number of hydrogen-bond acceptors (Lipinski definition) is 2. The van der Waals surface area contributed by atoms with E-state index in [0.717, 1.165) is 36.1 Å². The molecule has 0 aliphatic carbocycles. The summed E-state index contributed by atoms with van der Waals surface area (Å²) in [5.74, 6) is -0.0769. The summed E-state index contributed by atoms with van der Waals surface area (Å²) in [5.41, 5.74) is 2.09. The van der Waals surface area contributed by atoms with E-state index in [-0.39, 0.29) is 5.91 Å². The van der Waals surface area contributed by atoms with Crippen molar-refractivity contribution in [3.63, 3.8) is 0 Å². The largest absolute Gasteiger partial charge is 0.416 e. The molecule has 1 saturated heterocycles. The van der Waals surface area contributed by atoms with Gasteiger partial charge in [-0.25, -0.2) is 0 Å². The number of amides is 1. The lowest BCUT2D eigenvalue weighted by Crippen LogP contribution is -2.45. The number of alkyl halides is 3. The average molecular weight is 375 g/mol. The molecule has 4 rings (SSSR count). The fraction of sp³-hybridized carbons (Fsp3) is 0.381. The van der Waals surface area contributed by atoms with E-state index in [1.165, 1.54) is 12.1 Å². The molecule has 0 N–H and O–H groups in total. The first kappa shape index (κ1) is 18.0. The van der Waals surface area contributed by atoms with Crippen LogP contribution in [0.5, 0.6) is 0 Å². The third-order valence-electron chi connectivity index (χ3n) is 5.33. The zero-order valence-corrected chi connectivity index (χ0v) is 14.7. The molecule has 2 aromatic rings. The number of rotatable bonds is 2. The monoisotopic (exact) mass is 375 g/mol. The van der Waals surface area contributed by atoms with Crippen LogP contribution in [0.25, 0.3) is 0 Å². The van der Waals surface area contributed by atoms with Gasteiger partial charge in [0, 0.05) is 13.2 Å². The third kappa shape index (κ3) is 3.46. The summed E-state index contributed by atoms with van der Waals surface area (Å²) in [4.78, 5) is 14.8. The van der Waals surface area contributed by atoms with Gasteiger partial charge < -0.3 is 9.64 Å². The van der Waals surface area contributed by atoms with E-state index in [0.29, 0.717) is 25.1 Å². The lowest BCUT2D eigenvalue weighted by Gasteiger charge is -2.39. The summed E-state index contributed by atoms with van der Waals surface area (Å²) in [6.45, 7) is 1.10. The molecule has 0 aromatic heterocycles. The Labute approximate surface area is 155 Å². The van der Waals surface area contributed by atoms with E-state index in [9.17, 15) is 18.0 Å². The van der Waals surface area contributed by atoms with Gasteiger partial charge in [-0.15, -0.1) is 0 Å². The van der Waals surface area contributed by atoms with Gasteiger partial charge in [0.05, 0.1) is 11.6 Å². The summed E-state index contributed by atoms with van der Waals surface area (Å²) < 4.78 is 44.4. The summed E-state index contributed by atoms with van der Waals surface area (Å²) >= 11 is 0. The number of carbonyl (C=O) groups is 1. The Morgan fingerprint density at radius 2 is 1.81 bits per heavy atom. The normalized spacial score (nSPS) is 22.6. The highest BCUT2D eigenvalue weighted by atomic mass is 19.4. The van der Waals surface area contributed by atoms with Crippen LogP contribution in [0.4, 0.5) is 13.2 Å². The van der Waals surface area contributed by atoms with Crippen molar-refractivity contribution in [3.05, 3.63) is 70.8 Å². The average Bonchev–Trinajstić information content (AvgIpc) is 3.21. The molecular weight excluding hydrogens is 355 g/mol. The second-order valence-corrected chi connectivity index (χ2v) is 7.00. The van der Waals surface area contributed by atoms with Crippen LogP contribution in [-0.2, 0) is 22.1 Å². The first-order valence-corrected chi connectivity index (χ1v) is 9.12. The molecule has 142 valence electrons. The quantitative estimate of drug-likeness (QED) is 0.781. The van der Waals surface area contributed by atoms with Gasteiger partial charge in [0.15, 0.2) is 0 Å². The number of fused-ring (bicyclic) bond motifs is 1. The van der Waals surface area contributed by atoms with Crippen molar-refractivity contribution >= 4 is 5.91 Å². The fourth-order valence-electron chi connectivity index (χ4n) is 3.98. The number of carbonyl (C=O) groups excluding carboxylic acids is 1. The molecular formula is C21H20F3NO2. The Hall–Kier alpha value is -2.34. The number of benzene rings is 2. The molecule has 2 heterocycles. The Kier molecular flexibility index (Phi) is 4.68. The molecule has 0 radical (unpaired) electrons. The SMILES string of the molecule is O=C(C1CCCO1)N1CCc2ccccc2[C@H]1c1ccc(C(F)(F)F)cc1. The van der Waals surface area contributed by atoms with Crippen LogP contribution in [0.1, 0.15) is 41.1 Å². The van der Waals surface area contributed by atoms with Gasteiger partial charge in [-0.3, -0.25) is 4.79 Å². The zero-order valence-electron chi connectivity index (χ0n) is 14.7. The molecule has 6 heteroatoms. The minimum absolute atomic E-state index is 0.0769. The number of ether oxygens (including phenoxy) is 1. The van der Waals surface area contributed by atoms with Gasteiger partial charge in [0.2, 0.25) is 0 Å². The van der Waals surface area contributed by atoms with Crippen molar-refractivity contribution in [1.29, 1.82) is 0 Å². The molecule has 27 heavy (non-hydrogen) atoms. The molecule has 2 aromatic carbocycles. The van der Waals surface area contributed by atoms with E-state index in [2.05, 4.69) is 0 Å². The van der Waals surface area contributed by atoms with Gasteiger partial charge in [0.1, 0.15) is 6.10 Å². The van der Waals surface area contributed by atoms with Gasteiger partial charge in [-0.2, -0.15) is 13.2 Å². The predicted octanol–water partition coefficient (Wildman–Crippen LogP) is 4.36. The molecule has 2 atom stereocenters. The van der Waals surface area contributed by atoms with Gasteiger partial charge in [-0.05, 0) is 48.1 Å². The summed E-state index contributed by atoms with van der Waals surface area (Å²) in [6.07, 6.45) is -2.56. The highest BCUT2D eigenvalue weighted by Crippen LogP contribution is 2.38. The van der Waals surface area contributed by atoms with Crippen molar-refractivity contribution in [2.24, 2.45) is 0 Å². The van der Waals surface area contributed by atoms with E-state index in [1.54, 1.807) is 4.90 Å². The molecule has 2 aliphatic heterocycles. The van der Waals surface area contributed by atoms with Crippen LogP contribution in [0.3, 0.4) is 0 Å². The maximum Gasteiger partial charge on any atom is 0.416 e. The summed E-state index contributed by atoms with van der Waals surface area (Å²) in [5, 5.41) is 0. The van der Waals surface area contributed by atoms with Gasteiger partial charge >= 0.3 is 6.18 Å². The minimum Gasteiger partial charge on any atom is -0.368 e.